The second-order valence-electron chi connectivity index (χ2n) is 6.64. The number of aromatic nitrogens is 2. The Morgan fingerprint density at radius 2 is 1.70 bits per heavy atom. The molecule has 156 valence electrons. The highest BCUT2D eigenvalue weighted by Crippen LogP contribution is 2.24. The van der Waals surface area contributed by atoms with Crippen molar-refractivity contribution in [3.05, 3.63) is 86.6 Å². The van der Waals surface area contributed by atoms with Gasteiger partial charge in [0.1, 0.15) is 11.4 Å². The SMILES string of the molecule is CCn1c(=O)c(C(=O)CNc2ccccc2SC)c(N)n(Cc2ccccc2)c1=O. The normalized spacial score (nSPS) is 10.7. The third-order valence-corrected chi connectivity index (χ3v) is 5.59. The number of ketones is 1. The fourth-order valence-corrected chi connectivity index (χ4v) is 3.80. The molecule has 0 aliphatic heterocycles. The van der Waals surface area contributed by atoms with Gasteiger partial charge >= 0.3 is 5.69 Å². The van der Waals surface area contributed by atoms with Crippen molar-refractivity contribution in [2.75, 3.05) is 23.9 Å². The monoisotopic (exact) mass is 424 g/mol. The van der Waals surface area contributed by atoms with Crippen LogP contribution in [0.1, 0.15) is 22.8 Å². The fraction of sp³-hybridized carbons (Fsp3) is 0.227. The van der Waals surface area contributed by atoms with Crippen LogP contribution in [0.15, 0.2) is 69.1 Å². The molecule has 3 aromatic rings. The quantitative estimate of drug-likeness (QED) is 0.426. The number of hydrogen-bond donors (Lipinski definition) is 2. The maximum absolute atomic E-state index is 13.0. The van der Waals surface area contributed by atoms with E-state index in [1.807, 2.05) is 60.9 Å². The highest BCUT2D eigenvalue weighted by atomic mass is 32.2. The van der Waals surface area contributed by atoms with Crippen LogP contribution in [0.4, 0.5) is 11.5 Å². The number of benzene rings is 2. The first-order chi connectivity index (χ1) is 14.5. The maximum atomic E-state index is 13.0. The average molecular weight is 425 g/mol. The summed E-state index contributed by atoms with van der Waals surface area (Å²) in [5, 5.41) is 3.08. The van der Waals surface area contributed by atoms with Crippen LogP contribution in [-0.2, 0) is 13.1 Å². The van der Waals surface area contributed by atoms with Gasteiger partial charge in [-0.2, -0.15) is 0 Å². The first kappa shape index (κ1) is 21.4. The minimum atomic E-state index is -0.658. The molecule has 0 amide bonds. The summed E-state index contributed by atoms with van der Waals surface area (Å²) in [6.45, 7) is 1.90. The Labute approximate surface area is 178 Å². The lowest BCUT2D eigenvalue weighted by Crippen LogP contribution is -2.44. The Bertz CT molecular complexity index is 1170. The number of rotatable bonds is 8. The number of nitrogens with zero attached hydrogens (tertiary/aromatic N) is 2. The molecular weight excluding hydrogens is 400 g/mol. The number of nitrogens with two attached hydrogens (primary N) is 1. The van der Waals surface area contributed by atoms with E-state index in [1.165, 1.54) is 4.57 Å². The van der Waals surface area contributed by atoms with Gasteiger partial charge in [0.25, 0.3) is 5.56 Å². The van der Waals surface area contributed by atoms with Gasteiger partial charge in [0.05, 0.1) is 13.1 Å². The van der Waals surface area contributed by atoms with Gasteiger partial charge in [-0.25, -0.2) is 4.79 Å². The smallest absolute Gasteiger partial charge is 0.332 e. The Balaban J connectivity index is 1.99. The van der Waals surface area contributed by atoms with E-state index in [2.05, 4.69) is 5.32 Å². The number of nitrogen functional groups attached to an aromatic ring is 1. The Kier molecular flexibility index (Phi) is 6.79. The topological polar surface area (TPSA) is 99.1 Å². The van der Waals surface area contributed by atoms with E-state index in [-0.39, 0.29) is 31.0 Å². The lowest BCUT2D eigenvalue weighted by Gasteiger charge is -2.16. The molecule has 1 aromatic heterocycles. The summed E-state index contributed by atoms with van der Waals surface area (Å²) in [5.41, 5.74) is 6.47. The third kappa shape index (κ3) is 4.33. The summed E-state index contributed by atoms with van der Waals surface area (Å²) < 4.78 is 2.33. The number of Topliss-reactive ketones (excluding diaryl/α,β-unsaturated/α-hetero) is 1. The molecule has 0 spiro atoms. The molecule has 0 fully saturated rings. The summed E-state index contributed by atoms with van der Waals surface area (Å²) in [7, 11) is 0. The highest BCUT2D eigenvalue weighted by Gasteiger charge is 2.22. The van der Waals surface area contributed by atoms with Crippen LogP contribution in [0.3, 0.4) is 0 Å². The van der Waals surface area contributed by atoms with E-state index < -0.39 is 17.0 Å². The second-order valence-corrected chi connectivity index (χ2v) is 7.49. The Hall–Kier alpha value is -3.26. The van der Waals surface area contributed by atoms with E-state index in [0.29, 0.717) is 0 Å². The molecule has 0 unspecified atom stereocenters. The molecule has 0 saturated heterocycles. The number of para-hydroxylation sites is 1. The number of hydrogen-bond acceptors (Lipinski definition) is 6. The number of carbonyl (C=O) groups excluding carboxylic acids is 1. The van der Waals surface area contributed by atoms with Crippen molar-refractivity contribution in [2.45, 2.75) is 24.9 Å². The van der Waals surface area contributed by atoms with Crippen molar-refractivity contribution in [2.24, 2.45) is 0 Å². The summed E-state index contributed by atoms with van der Waals surface area (Å²) in [6, 6.07) is 16.9. The summed E-state index contributed by atoms with van der Waals surface area (Å²) in [5.74, 6) is -0.569. The van der Waals surface area contributed by atoms with Crippen LogP contribution < -0.4 is 22.3 Å². The number of carbonyl (C=O) groups is 1. The van der Waals surface area contributed by atoms with Crippen LogP contribution in [0.25, 0.3) is 0 Å². The zero-order valence-corrected chi connectivity index (χ0v) is 17.7. The third-order valence-electron chi connectivity index (χ3n) is 4.79. The lowest BCUT2D eigenvalue weighted by molar-refractivity contribution is 0.100. The van der Waals surface area contributed by atoms with Crippen molar-refractivity contribution < 1.29 is 4.79 Å². The minimum Gasteiger partial charge on any atom is -0.384 e. The Morgan fingerprint density at radius 3 is 2.37 bits per heavy atom. The van der Waals surface area contributed by atoms with Crippen LogP contribution >= 0.6 is 11.8 Å². The first-order valence-corrected chi connectivity index (χ1v) is 10.8. The summed E-state index contributed by atoms with van der Waals surface area (Å²) >= 11 is 1.55. The van der Waals surface area contributed by atoms with Crippen LogP contribution in [0.2, 0.25) is 0 Å². The molecule has 0 atom stereocenters. The molecule has 3 rings (SSSR count). The van der Waals surface area contributed by atoms with Crippen LogP contribution in [0, 0.1) is 0 Å². The molecule has 8 heteroatoms. The lowest BCUT2D eigenvalue weighted by atomic mass is 10.1. The average Bonchev–Trinajstić information content (AvgIpc) is 2.76. The van der Waals surface area contributed by atoms with Gasteiger partial charge < -0.3 is 11.1 Å². The zero-order valence-electron chi connectivity index (χ0n) is 16.9. The molecule has 3 N–H and O–H groups in total. The van der Waals surface area contributed by atoms with E-state index in [4.69, 9.17) is 5.73 Å². The van der Waals surface area contributed by atoms with Crippen molar-refractivity contribution >= 4 is 29.1 Å². The van der Waals surface area contributed by atoms with Gasteiger partial charge in [0, 0.05) is 17.1 Å². The first-order valence-electron chi connectivity index (χ1n) is 9.55. The molecular formula is C22H24N4O3S. The van der Waals surface area contributed by atoms with Crippen molar-refractivity contribution in [1.82, 2.24) is 9.13 Å². The zero-order chi connectivity index (χ0) is 21.7. The molecule has 0 aliphatic carbocycles. The van der Waals surface area contributed by atoms with Gasteiger partial charge in [-0.05, 0) is 30.9 Å². The Morgan fingerprint density at radius 1 is 1.03 bits per heavy atom. The minimum absolute atomic E-state index is 0.107. The van der Waals surface area contributed by atoms with Crippen molar-refractivity contribution in [3.8, 4) is 0 Å². The van der Waals surface area contributed by atoms with Crippen molar-refractivity contribution in [1.29, 1.82) is 0 Å². The predicted octanol–water partition coefficient (Wildman–Crippen LogP) is 2.68. The fourth-order valence-electron chi connectivity index (χ4n) is 3.23. The molecule has 2 aromatic carbocycles. The predicted molar refractivity (Wildman–Crippen MR) is 122 cm³/mol. The second kappa shape index (κ2) is 9.49. The number of thioether (sulfide) groups is 1. The molecule has 30 heavy (non-hydrogen) atoms. The molecule has 0 aliphatic rings. The molecule has 0 bridgehead atoms. The van der Waals surface area contributed by atoms with Crippen LogP contribution in [0.5, 0.6) is 0 Å². The van der Waals surface area contributed by atoms with E-state index in [9.17, 15) is 14.4 Å². The van der Waals surface area contributed by atoms with E-state index in [0.717, 1.165) is 20.7 Å². The molecule has 0 radical (unpaired) electrons. The molecule has 7 nitrogen and oxygen atoms in total. The standard InChI is InChI=1S/C22H24N4O3S/c1-3-25-21(28)19(17(27)13-24-16-11-7-8-12-18(16)30-2)20(23)26(22(25)29)14-15-9-5-4-6-10-15/h4-12,24H,3,13-14,23H2,1-2H3. The number of nitrogens with one attached hydrogen (secondary N) is 1. The van der Waals surface area contributed by atoms with Crippen molar-refractivity contribution in [3.63, 3.8) is 0 Å². The summed E-state index contributed by atoms with van der Waals surface area (Å²) in [6.07, 6.45) is 1.94. The van der Waals surface area contributed by atoms with Gasteiger partial charge in [0.2, 0.25) is 0 Å². The van der Waals surface area contributed by atoms with E-state index in [1.54, 1.807) is 18.7 Å². The van der Waals surface area contributed by atoms with Gasteiger partial charge in [-0.1, -0.05) is 42.5 Å². The van der Waals surface area contributed by atoms with E-state index >= 15 is 0 Å². The van der Waals surface area contributed by atoms with Gasteiger partial charge in [-0.3, -0.25) is 18.7 Å². The largest absolute Gasteiger partial charge is 0.384 e. The highest BCUT2D eigenvalue weighted by molar-refractivity contribution is 7.98. The number of anilines is 2. The van der Waals surface area contributed by atoms with Gasteiger partial charge in [-0.15, -0.1) is 11.8 Å². The van der Waals surface area contributed by atoms with Crippen LogP contribution in [-0.4, -0.2) is 27.7 Å². The molecule has 1 heterocycles. The maximum Gasteiger partial charge on any atom is 0.332 e. The molecule has 0 saturated carbocycles. The summed E-state index contributed by atoms with van der Waals surface area (Å²) in [4.78, 5) is 39.6. The van der Waals surface area contributed by atoms with Gasteiger partial charge in [0.15, 0.2) is 5.78 Å².